The van der Waals surface area contributed by atoms with Gasteiger partial charge in [-0.15, -0.1) is 0 Å². The van der Waals surface area contributed by atoms with Crippen LogP contribution in [0.2, 0.25) is 0 Å². The molecule has 0 aromatic heterocycles. The first-order valence-electron chi connectivity index (χ1n) is 12.9. The number of halogens is 4. The molecule has 1 saturated heterocycles. The zero-order chi connectivity index (χ0) is 29.3. The Morgan fingerprint density at radius 2 is 1.64 bits per heavy atom. The number of alkyl halides is 3. The molecule has 2 heterocycles. The fourth-order valence-electron chi connectivity index (χ4n) is 5.34. The van der Waals surface area contributed by atoms with Crippen molar-refractivity contribution in [3.05, 3.63) is 77.6 Å². The Morgan fingerprint density at radius 3 is 2.29 bits per heavy atom. The average molecular weight is 591 g/mol. The van der Waals surface area contributed by atoms with Crippen LogP contribution in [0.5, 0.6) is 11.5 Å². The fourth-order valence-corrected chi connectivity index (χ4v) is 5.34. The van der Waals surface area contributed by atoms with Crippen LogP contribution in [0.1, 0.15) is 23.6 Å². The molecule has 1 unspecified atom stereocenters. The van der Waals surface area contributed by atoms with Crippen LogP contribution >= 0.6 is 0 Å². The summed E-state index contributed by atoms with van der Waals surface area (Å²) in [6, 6.07) is 14.3. The summed E-state index contributed by atoms with van der Waals surface area (Å²) in [5, 5.41) is 9.83. The predicted octanol–water partition coefficient (Wildman–Crippen LogP) is 4.88. The molecule has 2 aliphatic rings. The van der Waals surface area contributed by atoms with Crippen LogP contribution in [0.15, 0.2) is 65.7 Å². The molecule has 1 fully saturated rings. The van der Waals surface area contributed by atoms with E-state index in [2.05, 4.69) is 9.89 Å². The lowest BCUT2D eigenvalue weighted by Gasteiger charge is -2.45. The van der Waals surface area contributed by atoms with Gasteiger partial charge in [0.25, 0.3) is 0 Å². The predicted molar refractivity (Wildman–Crippen MR) is 149 cm³/mol. The molecule has 0 amide bonds. The Hall–Kier alpha value is -4.52. The molecule has 5 rings (SSSR count). The minimum absolute atomic E-state index is 0. The van der Waals surface area contributed by atoms with Gasteiger partial charge in [0.05, 0.1) is 37.9 Å². The summed E-state index contributed by atoms with van der Waals surface area (Å²) in [5.74, 6) is -1.48. The molecular formula is C29H30F4N4O5. The third-order valence-corrected chi connectivity index (χ3v) is 7.23. The van der Waals surface area contributed by atoms with Gasteiger partial charge < -0.3 is 34.8 Å². The zero-order valence-corrected chi connectivity index (χ0v) is 22.9. The second-order valence-electron chi connectivity index (χ2n) is 9.60. The Kier molecular flexibility index (Phi) is 8.81. The summed E-state index contributed by atoms with van der Waals surface area (Å²) in [5.41, 5.74) is 0.124. The Morgan fingerprint density at radius 1 is 0.976 bits per heavy atom. The smallest absolute Gasteiger partial charge is 0.420 e. The number of nitrogens with zero attached hydrogens (tertiary/aromatic N) is 4. The Labute approximate surface area is 239 Å². The maximum Gasteiger partial charge on any atom is 0.420 e. The number of carboxylic acid groups (broad SMARTS) is 1. The highest BCUT2D eigenvalue weighted by molar-refractivity contribution is 6.02. The Balaban J connectivity index is 0.00000405. The standard InChI is InChI=1S/C29H28F4N4O4.H2O/c1-40-19-7-3-6-18(16-19)35-12-14-36(15-13-35)28-34-26-20(8-4-10-22(26)30)24(17-25(38)39)37(28)23-11-5-9-21(27(23)41-2)29(31,32)33;/h3-11,16,24H,12-15,17H2,1-2H3,(H,38,39);1H2. The highest BCUT2D eigenvalue weighted by Crippen LogP contribution is 2.48. The normalized spacial score (nSPS) is 16.8. The van der Waals surface area contributed by atoms with E-state index in [9.17, 15) is 23.1 Å². The van der Waals surface area contributed by atoms with Gasteiger partial charge in [0.15, 0.2) is 5.75 Å². The van der Waals surface area contributed by atoms with Crippen LogP contribution in [-0.4, -0.2) is 67.8 Å². The fraction of sp³-hybridized carbons (Fsp3) is 0.310. The molecule has 0 bridgehead atoms. The lowest BCUT2D eigenvalue weighted by molar-refractivity contribution is -0.139. The lowest BCUT2D eigenvalue weighted by atomic mass is 9.96. The third kappa shape index (κ3) is 5.77. The number of aliphatic imine (C=N–C) groups is 1. The van der Waals surface area contributed by atoms with E-state index < -0.39 is 41.7 Å². The van der Waals surface area contributed by atoms with Gasteiger partial charge in [-0.3, -0.25) is 4.79 Å². The number of para-hydroxylation sites is 2. The molecular weight excluding hydrogens is 560 g/mol. The van der Waals surface area contributed by atoms with Crippen molar-refractivity contribution in [3.8, 4) is 11.5 Å². The topological polar surface area (TPSA) is 109 Å². The first-order valence-corrected chi connectivity index (χ1v) is 12.9. The van der Waals surface area contributed by atoms with Crippen molar-refractivity contribution in [1.82, 2.24) is 4.90 Å². The number of piperazine rings is 1. The highest BCUT2D eigenvalue weighted by Gasteiger charge is 2.41. The number of benzene rings is 3. The molecule has 3 N–H and O–H groups in total. The number of aliphatic carboxylic acids is 1. The highest BCUT2D eigenvalue weighted by atomic mass is 19.4. The van der Waals surface area contributed by atoms with E-state index in [4.69, 9.17) is 9.47 Å². The molecule has 9 nitrogen and oxygen atoms in total. The van der Waals surface area contributed by atoms with Crippen molar-refractivity contribution < 1.29 is 42.4 Å². The second kappa shape index (κ2) is 12.1. The molecule has 224 valence electrons. The number of carbonyl (C=O) groups is 1. The molecule has 1 atom stereocenters. The second-order valence-corrected chi connectivity index (χ2v) is 9.60. The number of anilines is 2. The number of guanidine groups is 1. The van der Waals surface area contributed by atoms with Crippen LogP contribution in [0, 0.1) is 5.82 Å². The van der Waals surface area contributed by atoms with Crippen molar-refractivity contribution in [2.45, 2.75) is 18.6 Å². The number of ether oxygens (including phenoxy) is 2. The van der Waals surface area contributed by atoms with Gasteiger partial charge in [-0.05, 0) is 30.3 Å². The number of carboxylic acids is 1. The van der Waals surface area contributed by atoms with Gasteiger partial charge in [-0.1, -0.05) is 24.3 Å². The maximum absolute atomic E-state index is 15.1. The van der Waals surface area contributed by atoms with Crippen LogP contribution in [-0.2, 0) is 11.0 Å². The van der Waals surface area contributed by atoms with Gasteiger partial charge in [0.2, 0.25) is 5.96 Å². The van der Waals surface area contributed by atoms with Crippen molar-refractivity contribution in [1.29, 1.82) is 0 Å². The number of methoxy groups -OCH3 is 2. The van der Waals surface area contributed by atoms with Crippen LogP contribution in [0.25, 0.3) is 0 Å². The van der Waals surface area contributed by atoms with E-state index >= 15 is 4.39 Å². The van der Waals surface area contributed by atoms with E-state index in [0.717, 1.165) is 18.9 Å². The van der Waals surface area contributed by atoms with Crippen LogP contribution in [0.4, 0.5) is 34.6 Å². The number of fused-ring (bicyclic) bond motifs is 1. The van der Waals surface area contributed by atoms with E-state index in [1.165, 1.54) is 29.2 Å². The third-order valence-electron chi connectivity index (χ3n) is 7.23. The van der Waals surface area contributed by atoms with Gasteiger partial charge in [0.1, 0.15) is 17.3 Å². The summed E-state index contributed by atoms with van der Waals surface area (Å²) >= 11 is 0. The van der Waals surface area contributed by atoms with E-state index in [1.54, 1.807) is 13.2 Å². The summed E-state index contributed by atoms with van der Waals surface area (Å²) < 4.78 is 67.7. The molecule has 3 aromatic carbocycles. The summed E-state index contributed by atoms with van der Waals surface area (Å²) in [4.78, 5) is 22.0. The van der Waals surface area contributed by atoms with Gasteiger partial charge in [-0.2, -0.15) is 13.2 Å². The number of hydrogen-bond acceptors (Lipinski definition) is 7. The lowest BCUT2D eigenvalue weighted by Crippen LogP contribution is -2.55. The van der Waals surface area contributed by atoms with Gasteiger partial charge >= 0.3 is 12.1 Å². The minimum Gasteiger partial charge on any atom is -0.497 e. The first-order chi connectivity index (χ1) is 19.6. The average Bonchev–Trinajstić information content (AvgIpc) is 2.96. The first kappa shape index (κ1) is 30.4. The Bertz CT molecular complexity index is 1470. The van der Waals surface area contributed by atoms with Crippen LogP contribution < -0.4 is 19.3 Å². The molecule has 3 aromatic rings. The number of rotatable bonds is 6. The van der Waals surface area contributed by atoms with Gasteiger partial charge in [-0.25, -0.2) is 9.38 Å². The quantitative estimate of drug-likeness (QED) is 0.408. The largest absolute Gasteiger partial charge is 0.497 e. The molecule has 0 spiro atoms. The summed E-state index contributed by atoms with van der Waals surface area (Å²) in [7, 11) is 2.71. The maximum atomic E-state index is 15.1. The molecule has 0 radical (unpaired) electrons. The van der Waals surface area contributed by atoms with Crippen molar-refractivity contribution in [2.24, 2.45) is 4.99 Å². The van der Waals surface area contributed by atoms with Crippen molar-refractivity contribution in [2.75, 3.05) is 50.2 Å². The monoisotopic (exact) mass is 590 g/mol. The summed E-state index contributed by atoms with van der Waals surface area (Å²) in [6.07, 6.45) is -5.25. The summed E-state index contributed by atoms with van der Waals surface area (Å²) in [6.45, 7) is 1.82. The SMILES string of the molecule is COc1cccc(N2CCN(C3=Nc4c(F)cccc4C(CC(=O)O)N3c3cccc(C(F)(F)F)c3OC)CC2)c1.O. The molecule has 42 heavy (non-hydrogen) atoms. The van der Waals surface area contributed by atoms with Crippen molar-refractivity contribution >= 4 is 29.0 Å². The molecule has 2 aliphatic heterocycles. The van der Waals surface area contributed by atoms with Crippen molar-refractivity contribution in [3.63, 3.8) is 0 Å². The zero-order valence-electron chi connectivity index (χ0n) is 22.9. The molecule has 0 aliphatic carbocycles. The van der Waals surface area contributed by atoms with Gasteiger partial charge in [0, 0.05) is 43.5 Å². The van der Waals surface area contributed by atoms with E-state index in [0.29, 0.717) is 31.9 Å². The number of hydrogen-bond donors (Lipinski definition) is 1. The minimum atomic E-state index is -4.73. The molecule has 0 saturated carbocycles. The van der Waals surface area contributed by atoms with E-state index in [-0.39, 0.29) is 28.4 Å². The van der Waals surface area contributed by atoms with E-state index in [1.807, 2.05) is 29.2 Å². The van der Waals surface area contributed by atoms with Crippen LogP contribution in [0.3, 0.4) is 0 Å². The molecule has 13 heteroatoms.